The standard InChI is InChI=1S/C36H64O6SSi2/c1-35(2,3)44(9,10)41-29(24-27-15-13-16-28(23-27)26-39-7)18-19-31-30(20-22-43-21-14-17-34(38)40-8)32(37)25-33(31)42-45(11,12)36(4,5)6/h13,15-16,18-19,23,29-33,37H,14,17,20-22,24-26H2,1-12H3/b19-18+/t29-,30-,31-,32+,33-/m1/s1. The molecule has 1 aromatic rings. The molecule has 0 aromatic heterocycles. The lowest BCUT2D eigenvalue weighted by Gasteiger charge is -2.40. The van der Waals surface area contributed by atoms with Gasteiger partial charge in [0.2, 0.25) is 0 Å². The molecule has 0 spiro atoms. The van der Waals surface area contributed by atoms with Crippen LogP contribution in [0.5, 0.6) is 0 Å². The Morgan fingerprint density at radius 3 is 2.27 bits per heavy atom. The van der Waals surface area contributed by atoms with Crippen LogP contribution in [-0.4, -0.2) is 71.7 Å². The van der Waals surface area contributed by atoms with E-state index < -0.39 is 22.7 Å². The first-order valence-corrected chi connectivity index (χ1v) is 23.7. The number of thioether (sulfide) groups is 1. The molecule has 1 aliphatic rings. The summed E-state index contributed by atoms with van der Waals surface area (Å²) in [6, 6.07) is 8.61. The molecule has 1 aliphatic carbocycles. The van der Waals surface area contributed by atoms with E-state index in [0.717, 1.165) is 36.3 Å². The van der Waals surface area contributed by atoms with Crippen molar-refractivity contribution in [3.63, 3.8) is 0 Å². The molecule has 6 nitrogen and oxygen atoms in total. The normalized spacial score (nSPS) is 22.2. The zero-order valence-electron chi connectivity index (χ0n) is 30.4. The molecular weight excluding hydrogens is 617 g/mol. The second-order valence-corrected chi connectivity index (χ2v) is 26.5. The molecular formula is C36H64O6SSi2. The zero-order valence-corrected chi connectivity index (χ0v) is 33.2. The summed E-state index contributed by atoms with van der Waals surface area (Å²) >= 11 is 1.85. The SMILES string of the molecule is COCc1cccc(C[C@@H](/C=C/[C@@H]2[C@@H](CCSCCCC(=O)OC)[C@@H](O)C[C@H]2O[Si](C)(C)C(C)(C)C)O[Si](C)(C)C(C)(C)C)c1. The first-order valence-electron chi connectivity index (χ1n) is 16.7. The number of hydrogen-bond donors (Lipinski definition) is 1. The summed E-state index contributed by atoms with van der Waals surface area (Å²) < 4.78 is 24.3. The summed E-state index contributed by atoms with van der Waals surface area (Å²) in [6.45, 7) is 23.5. The summed E-state index contributed by atoms with van der Waals surface area (Å²) in [6.07, 6.45) is 7.71. The van der Waals surface area contributed by atoms with Crippen LogP contribution in [-0.2, 0) is 36.1 Å². The van der Waals surface area contributed by atoms with E-state index in [0.29, 0.717) is 19.4 Å². The van der Waals surface area contributed by atoms with E-state index in [4.69, 9.17) is 18.3 Å². The van der Waals surface area contributed by atoms with Crippen LogP contribution in [0, 0.1) is 11.8 Å². The van der Waals surface area contributed by atoms with Gasteiger partial charge in [0.15, 0.2) is 16.6 Å². The highest BCUT2D eigenvalue weighted by Crippen LogP contribution is 2.45. The Labute approximate surface area is 281 Å². The number of aliphatic hydroxyl groups excluding tert-OH is 1. The Balaban J connectivity index is 2.36. The highest BCUT2D eigenvalue weighted by Gasteiger charge is 2.47. The molecule has 1 N–H and O–H groups in total. The third-order valence-electron chi connectivity index (χ3n) is 10.2. The van der Waals surface area contributed by atoms with Crippen molar-refractivity contribution in [1.82, 2.24) is 0 Å². The van der Waals surface area contributed by atoms with Gasteiger partial charge >= 0.3 is 5.97 Å². The Bertz CT molecular complexity index is 1080. The van der Waals surface area contributed by atoms with Crippen molar-refractivity contribution in [1.29, 1.82) is 0 Å². The van der Waals surface area contributed by atoms with Gasteiger partial charge in [-0.1, -0.05) is 78.0 Å². The third-order valence-corrected chi connectivity index (χ3v) is 20.3. The number of benzene rings is 1. The van der Waals surface area contributed by atoms with E-state index in [-0.39, 0.29) is 40.1 Å². The smallest absolute Gasteiger partial charge is 0.305 e. The lowest BCUT2D eigenvalue weighted by molar-refractivity contribution is -0.140. The Morgan fingerprint density at radius 1 is 1.02 bits per heavy atom. The van der Waals surface area contributed by atoms with Gasteiger partial charge in [0.1, 0.15) is 0 Å². The molecule has 1 aromatic carbocycles. The Kier molecular flexibility index (Phi) is 15.6. The highest BCUT2D eigenvalue weighted by molar-refractivity contribution is 7.99. The summed E-state index contributed by atoms with van der Waals surface area (Å²) in [7, 11) is -0.959. The number of aliphatic hydroxyl groups is 1. The second kappa shape index (κ2) is 17.5. The van der Waals surface area contributed by atoms with Crippen molar-refractivity contribution in [2.24, 2.45) is 11.8 Å². The van der Waals surface area contributed by atoms with Crippen LogP contribution in [0.3, 0.4) is 0 Å². The molecule has 9 heteroatoms. The van der Waals surface area contributed by atoms with Gasteiger partial charge < -0.3 is 23.4 Å². The maximum Gasteiger partial charge on any atom is 0.305 e. The molecule has 0 amide bonds. The molecule has 1 fully saturated rings. The van der Waals surface area contributed by atoms with Gasteiger partial charge in [-0.2, -0.15) is 11.8 Å². The lowest BCUT2D eigenvalue weighted by atomic mass is 9.90. The Hall–Kier alpha value is -0.946. The quantitative estimate of drug-likeness (QED) is 0.0763. The number of rotatable bonds is 17. The molecule has 0 aliphatic heterocycles. The number of methoxy groups -OCH3 is 2. The van der Waals surface area contributed by atoms with Crippen LogP contribution in [0.4, 0.5) is 0 Å². The first kappa shape index (κ1) is 40.2. The predicted octanol–water partition coefficient (Wildman–Crippen LogP) is 8.79. The van der Waals surface area contributed by atoms with Gasteiger partial charge in [0.05, 0.1) is 32.0 Å². The van der Waals surface area contributed by atoms with Crippen molar-refractivity contribution < 1.29 is 28.2 Å². The van der Waals surface area contributed by atoms with Crippen molar-refractivity contribution in [2.75, 3.05) is 25.7 Å². The first-order chi connectivity index (χ1) is 20.8. The average Bonchev–Trinajstić information content (AvgIpc) is 3.20. The fourth-order valence-corrected chi connectivity index (χ4v) is 9.01. The number of ether oxygens (including phenoxy) is 2. The summed E-state index contributed by atoms with van der Waals surface area (Å²) in [4.78, 5) is 11.5. The van der Waals surface area contributed by atoms with Gasteiger partial charge in [-0.15, -0.1) is 0 Å². The van der Waals surface area contributed by atoms with Gasteiger partial charge in [0.25, 0.3) is 0 Å². The van der Waals surface area contributed by atoms with Crippen molar-refractivity contribution in [3.05, 3.63) is 47.5 Å². The van der Waals surface area contributed by atoms with E-state index in [1.165, 1.54) is 12.7 Å². The van der Waals surface area contributed by atoms with Gasteiger partial charge in [-0.3, -0.25) is 4.79 Å². The molecule has 0 radical (unpaired) electrons. The van der Waals surface area contributed by atoms with Gasteiger partial charge in [0, 0.05) is 25.9 Å². The maximum absolute atomic E-state index is 11.5. The van der Waals surface area contributed by atoms with Crippen LogP contribution in [0.1, 0.15) is 78.4 Å². The number of hydrogen-bond acceptors (Lipinski definition) is 7. The minimum atomic E-state index is -2.07. The Morgan fingerprint density at radius 2 is 1.67 bits per heavy atom. The third kappa shape index (κ3) is 12.5. The van der Waals surface area contributed by atoms with E-state index in [9.17, 15) is 9.90 Å². The number of carbonyl (C=O) groups is 1. The summed E-state index contributed by atoms with van der Waals surface area (Å²) in [5.74, 6) is 1.92. The molecule has 45 heavy (non-hydrogen) atoms. The van der Waals surface area contributed by atoms with Crippen molar-refractivity contribution in [3.8, 4) is 0 Å². The fraction of sp³-hybridized carbons (Fsp3) is 0.750. The molecule has 0 heterocycles. The monoisotopic (exact) mass is 680 g/mol. The molecule has 2 rings (SSSR count). The summed E-state index contributed by atoms with van der Waals surface area (Å²) in [5.41, 5.74) is 2.40. The highest BCUT2D eigenvalue weighted by atomic mass is 32.2. The molecule has 1 saturated carbocycles. The van der Waals surface area contributed by atoms with E-state index in [1.54, 1.807) is 7.11 Å². The predicted molar refractivity (Wildman–Crippen MR) is 195 cm³/mol. The van der Waals surface area contributed by atoms with Crippen molar-refractivity contribution in [2.45, 2.75) is 135 Å². The lowest BCUT2D eigenvalue weighted by Crippen LogP contribution is -2.45. The molecule has 0 saturated heterocycles. The average molecular weight is 681 g/mol. The molecule has 0 unspecified atom stereocenters. The van der Waals surface area contributed by atoms with E-state index in [2.05, 4.69) is 104 Å². The zero-order chi connectivity index (χ0) is 34.1. The van der Waals surface area contributed by atoms with Crippen LogP contribution >= 0.6 is 11.8 Å². The summed E-state index contributed by atoms with van der Waals surface area (Å²) in [5, 5.41) is 11.6. The van der Waals surface area contributed by atoms with Crippen LogP contribution in [0.25, 0.3) is 0 Å². The van der Waals surface area contributed by atoms with Crippen LogP contribution < -0.4 is 0 Å². The number of carbonyl (C=O) groups excluding carboxylic acids is 1. The van der Waals surface area contributed by atoms with Gasteiger partial charge in [-0.25, -0.2) is 0 Å². The van der Waals surface area contributed by atoms with E-state index >= 15 is 0 Å². The largest absolute Gasteiger partial charge is 0.469 e. The fourth-order valence-electron chi connectivity index (χ4n) is 5.38. The number of esters is 1. The minimum Gasteiger partial charge on any atom is -0.469 e. The maximum atomic E-state index is 11.5. The topological polar surface area (TPSA) is 74.2 Å². The minimum absolute atomic E-state index is 0.0231. The molecule has 0 bridgehead atoms. The van der Waals surface area contributed by atoms with Crippen molar-refractivity contribution >= 4 is 34.4 Å². The van der Waals surface area contributed by atoms with Gasteiger partial charge in [-0.05, 0) is 84.1 Å². The molecule has 5 atom stereocenters. The van der Waals surface area contributed by atoms with Crippen LogP contribution in [0.15, 0.2) is 36.4 Å². The van der Waals surface area contributed by atoms with Crippen LogP contribution in [0.2, 0.25) is 36.3 Å². The second-order valence-electron chi connectivity index (χ2n) is 15.8. The molecule has 258 valence electrons. The van der Waals surface area contributed by atoms with E-state index in [1.807, 2.05) is 11.8 Å².